The van der Waals surface area contributed by atoms with Crippen LogP contribution in [0.5, 0.6) is 0 Å². The molecule has 0 saturated heterocycles. The number of aromatic nitrogens is 3. The Morgan fingerprint density at radius 1 is 1.55 bits per heavy atom. The van der Waals surface area contributed by atoms with Crippen molar-refractivity contribution in [1.82, 2.24) is 19.9 Å². The summed E-state index contributed by atoms with van der Waals surface area (Å²) < 4.78 is 2.19. The molecule has 0 aromatic carbocycles. The zero-order valence-electron chi connectivity index (χ0n) is 13.3. The van der Waals surface area contributed by atoms with Crippen molar-refractivity contribution in [3.05, 3.63) is 41.7 Å². The van der Waals surface area contributed by atoms with E-state index in [4.69, 9.17) is 0 Å². The van der Waals surface area contributed by atoms with Gasteiger partial charge in [0.25, 0.3) is 5.91 Å². The maximum Gasteiger partial charge on any atom is 0.267 e. The average Bonchev–Trinajstić information content (AvgIpc) is 3.12. The third kappa shape index (κ3) is 3.40. The molecule has 0 bridgehead atoms. The van der Waals surface area contributed by atoms with Gasteiger partial charge in [0.05, 0.1) is 0 Å². The zero-order chi connectivity index (χ0) is 15.5. The maximum absolute atomic E-state index is 12.2. The van der Waals surface area contributed by atoms with Crippen molar-refractivity contribution >= 4 is 5.91 Å². The van der Waals surface area contributed by atoms with Gasteiger partial charge in [0, 0.05) is 38.1 Å². The Hall–Kier alpha value is -2.04. The highest BCUT2D eigenvalue weighted by Gasteiger charge is 2.19. The molecule has 0 radical (unpaired) electrons. The molecule has 0 fully saturated rings. The highest BCUT2D eigenvalue weighted by molar-refractivity contribution is 5.92. The summed E-state index contributed by atoms with van der Waals surface area (Å²) in [6.07, 6.45) is 8.89. The van der Waals surface area contributed by atoms with Crippen LogP contribution in [0.3, 0.4) is 0 Å². The predicted octanol–water partition coefficient (Wildman–Crippen LogP) is 2.40. The molecule has 1 aliphatic heterocycles. The molecule has 2 N–H and O–H groups in total. The third-order valence-corrected chi connectivity index (χ3v) is 4.22. The van der Waals surface area contributed by atoms with E-state index >= 15 is 0 Å². The minimum absolute atomic E-state index is 0.00793. The van der Waals surface area contributed by atoms with Crippen LogP contribution in [0.25, 0.3) is 0 Å². The Balaban J connectivity index is 1.51. The molecule has 0 saturated carbocycles. The van der Waals surface area contributed by atoms with E-state index in [0.29, 0.717) is 17.5 Å². The first kappa shape index (κ1) is 14.9. The largest absolute Gasteiger partial charge is 0.357 e. The van der Waals surface area contributed by atoms with Crippen LogP contribution in [-0.2, 0) is 19.4 Å². The molecule has 1 aliphatic rings. The van der Waals surface area contributed by atoms with Crippen LogP contribution in [0.1, 0.15) is 42.1 Å². The van der Waals surface area contributed by atoms with Gasteiger partial charge in [-0.25, -0.2) is 4.98 Å². The van der Waals surface area contributed by atoms with E-state index in [1.165, 1.54) is 5.56 Å². The number of nitrogens with one attached hydrogen (secondary N) is 2. The van der Waals surface area contributed by atoms with Crippen LogP contribution in [0.2, 0.25) is 0 Å². The zero-order valence-corrected chi connectivity index (χ0v) is 13.3. The Labute approximate surface area is 131 Å². The predicted molar refractivity (Wildman–Crippen MR) is 85.7 cm³/mol. The van der Waals surface area contributed by atoms with Gasteiger partial charge in [-0.1, -0.05) is 13.8 Å². The lowest BCUT2D eigenvalue weighted by molar-refractivity contribution is 0.0939. The number of H-pyrrole nitrogens is 1. The van der Waals surface area contributed by atoms with Gasteiger partial charge in [0.2, 0.25) is 0 Å². The summed E-state index contributed by atoms with van der Waals surface area (Å²) in [4.78, 5) is 19.6. The lowest BCUT2D eigenvalue weighted by Crippen LogP contribution is -2.33. The van der Waals surface area contributed by atoms with Crippen molar-refractivity contribution in [2.75, 3.05) is 6.54 Å². The molecule has 2 aromatic heterocycles. The summed E-state index contributed by atoms with van der Waals surface area (Å²) in [6.45, 7) is 6.02. The Kier molecular flexibility index (Phi) is 4.32. The molecule has 5 heteroatoms. The first-order valence-electron chi connectivity index (χ1n) is 8.07. The molecule has 0 aliphatic carbocycles. The van der Waals surface area contributed by atoms with E-state index in [1.54, 1.807) is 0 Å². The summed E-state index contributed by atoms with van der Waals surface area (Å²) in [5.74, 6) is 2.23. The summed E-state index contributed by atoms with van der Waals surface area (Å²) in [5, 5.41) is 3.05. The van der Waals surface area contributed by atoms with Gasteiger partial charge in [-0.2, -0.15) is 0 Å². The van der Waals surface area contributed by atoms with Gasteiger partial charge in [0.15, 0.2) is 0 Å². The fourth-order valence-corrected chi connectivity index (χ4v) is 3.10. The lowest BCUT2D eigenvalue weighted by atomic mass is 9.99. The second kappa shape index (κ2) is 6.38. The minimum Gasteiger partial charge on any atom is -0.357 e. The number of carbonyl (C=O) groups excluding carboxylic acids is 1. The van der Waals surface area contributed by atoms with E-state index in [1.807, 2.05) is 24.7 Å². The molecular formula is C17H24N4O. The number of carbonyl (C=O) groups is 1. The van der Waals surface area contributed by atoms with Crippen molar-refractivity contribution < 1.29 is 4.79 Å². The molecule has 22 heavy (non-hydrogen) atoms. The van der Waals surface area contributed by atoms with Crippen molar-refractivity contribution in [3.63, 3.8) is 0 Å². The van der Waals surface area contributed by atoms with Crippen molar-refractivity contribution in [2.24, 2.45) is 11.8 Å². The summed E-state index contributed by atoms with van der Waals surface area (Å²) in [5.41, 5.74) is 1.86. The summed E-state index contributed by atoms with van der Waals surface area (Å²) in [7, 11) is 0. The molecule has 0 spiro atoms. The molecule has 3 heterocycles. The topological polar surface area (TPSA) is 62.7 Å². The molecule has 118 valence electrons. The number of aromatic amines is 1. The Morgan fingerprint density at radius 3 is 3.23 bits per heavy atom. The second-order valence-electron chi connectivity index (χ2n) is 6.63. The van der Waals surface area contributed by atoms with Gasteiger partial charge in [-0.05, 0) is 36.3 Å². The van der Waals surface area contributed by atoms with Crippen molar-refractivity contribution in [3.8, 4) is 0 Å². The van der Waals surface area contributed by atoms with E-state index in [-0.39, 0.29) is 5.91 Å². The van der Waals surface area contributed by atoms with Gasteiger partial charge in [-0.15, -0.1) is 0 Å². The highest BCUT2D eigenvalue weighted by Crippen LogP contribution is 2.18. The van der Waals surface area contributed by atoms with Gasteiger partial charge in [0.1, 0.15) is 11.5 Å². The third-order valence-electron chi connectivity index (χ3n) is 4.22. The Bertz CT molecular complexity index is 641. The number of nitrogens with zero attached hydrogens (tertiary/aromatic N) is 2. The van der Waals surface area contributed by atoms with Gasteiger partial charge < -0.3 is 14.9 Å². The quantitative estimate of drug-likeness (QED) is 0.890. The normalized spacial score (nSPS) is 17.5. The maximum atomic E-state index is 12.2. The van der Waals surface area contributed by atoms with Crippen molar-refractivity contribution in [2.45, 2.75) is 39.7 Å². The molecule has 1 amide bonds. The first-order chi connectivity index (χ1) is 10.6. The average molecular weight is 300 g/mol. The monoisotopic (exact) mass is 300 g/mol. The highest BCUT2D eigenvalue weighted by atomic mass is 16.1. The number of aryl methyl sites for hydroxylation is 1. The number of amides is 1. The molecular weight excluding hydrogens is 276 g/mol. The van der Waals surface area contributed by atoms with Crippen LogP contribution in [-0.4, -0.2) is 27.0 Å². The smallest absolute Gasteiger partial charge is 0.267 e. The molecule has 1 atom stereocenters. The fourth-order valence-electron chi connectivity index (χ4n) is 3.10. The number of hydrogen-bond acceptors (Lipinski definition) is 2. The number of imidazole rings is 1. The fraction of sp³-hybridized carbons (Fsp3) is 0.529. The van der Waals surface area contributed by atoms with Crippen LogP contribution in [0, 0.1) is 11.8 Å². The van der Waals surface area contributed by atoms with E-state index in [2.05, 4.69) is 33.7 Å². The first-order valence-corrected chi connectivity index (χ1v) is 8.07. The van der Waals surface area contributed by atoms with E-state index < -0.39 is 0 Å². The molecule has 3 rings (SSSR count). The van der Waals surface area contributed by atoms with Crippen molar-refractivity contribution in [1.29, 1.82) is 0 Å². The Morgan fingerprint density at radius 2 is 2.41 bits per heavy atom. The second-order valence-corrected chi connectivity index (χ2v) is 6.63. The molecule has 5 nitrogen and oxygen atoms in total. The standard InChI is InChI=1S/C17H24N4O/c1-12(2)7-14-8-15(19-10-14)17(22)20-9-13-3-4-16-18-5-6-21(16)11-13/h5-6,8,10,12-13,19H,3-4,7,9,11H2,1-2H3,(H,20,22). The van der Waals surface area contributed by atoms with Gasteiger partial charge >= 0.3 is 0 Å². The SMILES string of the molecule is CC(C)Cc1c[nH]c(C(=O)NCC2CCc3nccn3C2)c1. The molecule has 1 unspecified atom stereocenters. The van der Waals surface area contributed by atoms with E-state index in [9.17, 15) is 4.79 Å². The van der Waals surface area contributed by atoms with Crippen LogP contribution >= 0.6 is 0 Å². The van der Waals surface area contributed by atoms with Crippen LogP contribution in [0.4, 0.5) is 0 Å². The number of fused-ring (bicyclic) bond motifs is 1. The van der Waals surface area contributed by atoms with E-state index in [0.717, 1.165) is 38.2 Å². The lowest BCUT2D eigenvalue weighted by Gasteiger charge is -2.23. The van der Waals surface area contributed by atoms with Crippen LogP contribution < -0.4 is 5.32 Å². The van der Waals surface area contributed by atoms with Gasteiger partial charge in [-0.3, -0.25) is 4.79 Å². The summed E-state index contributed by atoms with van der Waals surface area (Å²) in [6, 6.07) is 1.96. The number of hydrogen-bond donors (Lipinski definition) is 2. The summed E-state index contributed by atoms with van der Waals surface area (Å²) >= 11 is 0. The number of rotatable bonds is 5. The van der Waals surface area contributed by atoms with Crippen LogP contribution in [0.15, 0.2) is 24.7 Å². The molecule has 2 aromatic rings. The minimum atomic E-state index is -0.00793.